The standard InChI is InChI=1S/C18H27NO2/c1-2-14-5-9-16(10-6-14)18(20)21-17-11-7-15(8-12-17)4-3-13-19/h3-4,14-17H,2,5-12H2,1H3/b4-3+. The molecule has 0 radical (unpaired) electrons. The van der Waals surface area contributed by atoms with E-state index in [1.165, 1.54) is 19.3 Å². The van der Waals surface area contributed by atoms with Crippen LogP contribution in [0.5, 0.6) is 0 Å². The predicted molar refractivity (Wildman–Crippen MR) is 82.3 cm³/mol. The van der Waals surface area contributed by atoms with Gasteiger partial charge in [-0.25, -0.2) is 0 Å². The molecule has 116 valence electrons. The number of nitriles is 1. The molecule has 0 aliphatic heterocycles. The highest BCUT2D eigenvalue weighted by molar-refractivity contribution is 5.72. The second-order valence-corrected chi connectivity index (χ2v) is 6.59. The Bertz CT molecular complexity index is 394. The second kappa shape index (κ2) is 8.22. The molecule has 0 spiro atoms. The maximum absolute atomic E-state index is 12.2. The Kier molecular flexibility index (Phi) is 6.29. The van der Waals surface area contributed by atoms with E-state index in [1.807, 2.05) is 12.1 Å². The molecule has 0 amide bonds. The molecule has 2 aliphatic rings. The van der Waals surface area contributed by atoms with Crippen molar-refractivity contribution in [3.8, 4) is 6.07 Å². The average molecular weight is 289 g/mol. The molecule has 2 fully saturated rings. The van der Waals surface area contributed by atoms with Crippen LogP contribution in [-0.2, 0) is 9.53 Å². The summed E-state index contributed by atoms with van der Waals surface area (Å²) in [6, 6.07) is 2.04. The summed E-state index contributed by atoms with van der Waals surface area (Å²) in [5.74, 6) is 1.49. The van der Waals surface area contributed by atoms with Crippen LogP contribution in [0, 0.1) is 29.1 Å². The van der Waals surface area contributed by atoms with Crippen molar-refractivity contribution in [1.82, 2.24) is 0 Å². The van der Waals surface area contributed by atoms with Crippen LogP contribution >= 0.6 is 0 Å². The zero-order valence-electron chi connectivity index (χ0n) is 13.1. The van der Waals surface area contributed by atoms with Gasteiger partial charge in [0.2, 0.25) is 0 Å². The fourth-order valence-electron chi connectivity index (χ4n) is 3.64. The van der Waals surface area contributed by atoms with Crippen molar-refractivity contribution in [2.24, 2.45) is 17.8 Å². The maximum atomic E-state index is 12.2. The monoisotopic (exact) mass is 289 g/mol. The molecule has 2 rings (SSSR count). The van der Waals surface area contributed by atoms with Gasteiger partial charge in [-0.1, -0.05) is 19.4 Å². The van der Waals surface area contributed by atoms with E-state index < -0.39 is 0 Å². The lowest BCUT2D eigenvalue weighted by Crippen LogP contribution is -2.29. The lowest BCUT2D eigenvalue weighted by molar-refractivity contribution is -0.157. The van der Waals surface area contributed by atoms with Crippen LogP contribution in [-0.4, -0.2) is 12.1 Å². The van der Waals surface area contributed by atoms with Crippen LogP contribution in [0.3, 0.4) is 0 Å². The number of ether oxygens (including phenoxy) is 1. The van der Waals surface area contributed by atoms with Gasteiger partial charge in [0, 0.05) is 6.08 Å². The van der Waals surface area contributed by atoms with Gasteiger partial charge in [0.15, 0.2) is 0 Å². The molecule has 21 heavy (non-hydrogen) atoms. The summed E-state index contributed by atoms with van der Waals surface area (Å²) in [4.78, 5) is 12.2. The molecule has 0 bridgehead atoms. The Hall–Kier alpha value is -1.30. The molecular formula is C18H27NO2. The minimum Gasteiger partial charge on any atom is -0.462 e. The van der Waals surface area contributed by atoms with Crippen molar-refractivity contribution < 1.29 is 9.53 Å². The molecule has 0 aromatic heterocycles. The number of allylic oxidation sites excluding steroid dienone is 2. The van der Waals surface area contributed by atoms with E-state index in [-0.39, 0.29) is 18.0 Å². The van der Waals surface area contributed by atoms with Crippen molar-refractivity contribution in [2.45, 2.75) is 70.8 Å². The van der Waals surface area contributed by atoms with E-state index in [9.17, 15) is 4.79 Å². The minimum atomic E-state index is 0.0422. The Morgan fingerprint density at radius 2 is 1.81 bits per heavy atom. The van der Waals surface area contributed by atoms with Gasteiger partial charge in [0.25, 0.3) is 0 Å². The smallest absolute Gasteiger partial charge is 0.309 e. The molecule has 0 N–H and O–H groups in total. The summed E-state index contributed by atoms with van der Waals surface area (Å²) in [7, 11) is 0. The number of hydrogen-bond donors (Lipinski definition) is 0. The van der Waals surface area contributed by atoms with Gasteiger partial charge >= 0.3 is 5.97 Å². The number of rotatable bonds is 4. The fourth-order valence-corrected chi connectivity index (χ4v) is 3.64. The van der Waals surface area contributed by atoms with E-state index in [0.717, 1.165) is 44.4 Å². The summed E-state index contributed by atoms with van der Waals surface area (Å²) in [6.07, 6.45) is 13.2. The normalized spacial score (nSPS) is 33.5. The van der Waals surface area contributed by atoms with Gasteiger partial charge in [-0.3, -0.25) is 4.79 Å². The maximum Gasteiger partial charge on any atom is 0.309 e. The van der Waals surface area contributed by atoms with Crippen molar-refractivity contribution in [3.63, 3.8) is 0 Å². The first-order valence-electron chi connectivity index (χ1n) is 8.49. The third kappa shape index (κ3) is 4.88. The molecule has 0 heterocycles. The van der Waals surface area contributed by atoms with Gasteiger partial charge in [-0.05, 0) is 63.2 Å². The zero-order chi connectivity index (χ0) is 15.1. The summed E-state index contributed by atoms with van der Waals surface area (Å²) in [5, 5.41) is 8.54. The van der Waals surface area contributed by atoms with Crippen LogP contribution in [0.15, 0.2) is 12.2 Å². The molecule has 0 aromatic rings. The van der Waals surface area contributed by atoms with Crippen LogP contribution in [0.1, 0.15) is 64.7 Å². The Morgan fingerprint density at radius 3 is 2.38 bits per heavy atom. The second-order valence-electron chi connectivity index (χ2n) is 6.59. The van der Waals surface area contributed by atoms with Crippen LogP contribution in [0.25, 0.3) is 0 Å². The molecule has 3 nitrogen and oxygen atoms in total. The molecule has 2 aliphatic carbocycles. The molecule has 2 saturated carbocycles. The first-order valence-corrected chi connectivity index (χ1v) is 8.49. The predicted octanol–water partition coefficient (Wildman–Crippen LogP) is 4.38. The Balaban J connectivity index is 1.70. The highest BCUT2D eigenvalue weighted by atomic mass is 16.5. The highest BCUT2D eigenvalue weighted by Gasteiger charge is 2.29. The van der Waals surface area contributed by atoms with Gasteiger partial charge < -0.3 is 4.74 Å². The van der Waals surface area contributed by atoms with Crippen LogP contribution in [0.4, 0.5) is 0 Å². The molecule has 0 unspecified atom stereocenters. The van der Waals surface area contributed by atoms with E-state index in [1.54, 1.807) is 6.08 Å². The molecule has 0 atom stereocenters. The van der Waals surface area contributed by atoms with Gasteiger partial charge in [-0.15, -0.1) is 0 Å². The molecular weight excluding hydrogens is 262 g/mol. The highest BCUT2D eigenvalue weighted by Crippen LogP contribution is 2.33. The molecule has 0 saturated heterocycles. The summed E-state index contributed by atoms with van der Waals surface area (Å²) >= 11 is 0. The van der Waals surface area contributed by atoms with Crippen LogP contribution < -0.4 is 0 Å². The van der Waals surface area contributed by atoms with E-state index in [4.69, 9.17) is 10.00 Å². The number of carbonyl (C=O) groups is 1. The third-order valence-corrected chi connectivity index (χ3v) is 5.20. The van der Waals surface area contributed by atoms with Gasteiger partial charge in [-0.2, -0.15) is 5.26 Å². The first kappa shape index (κ1) is 16.1. The van der Waals surface area contributed by atoms with Crippen molar-refractivity contribution >= 4 is 5.97 Å². The lowest BCUT2D eigenvalue weighted by Gasteiger charge is -2.30. The summed E-state index contributed by atoms with van der Waals surface area (Å²) in [6.45, 7) is 2.24. The summed E-state index contributed by atoms with van der Waals surface area (Å²) in [5.41, 5.74) is 0. The SMILES string of the molecule is CCC1CCC(C(=O)OC2CCC(/C=C/C#N)CC2)CC1. The molecule has 3 heteroatoms. The van der Waals surface area contributed by atoms with E-state index >= 15 is 0 Å². The fraction of sp³-hybridized carbons (Fsp3) is 0.778. The largest absolute Gasteiger partial charge is 0.462 e. The topological polar surface area (TPSA) is 50.1 Å². The van der Waals surface area contributed by atoms with Crippen molar-refractivity contribution in [1.29, 1.82) is 5.26 Å². The van der Waals surface area contributed by atoms with E-state index in [2.05, 4.69) is 6.92 Å². The lowest BCUT2D eigenvalue weighted by atomic mass is 9.81. The average Bonchev–Trinajstić information content (AvgIpc) is 2.54. The number of esters is 1. The van der Waals surface area contributed by atoms with E-state index in [0.29, 0.717) is 5.92 Å². The molecule has 0 aromatic carbocycles. The minimum absolute atomic E-state index is 0.0422. The van der Waals surface area contributed by atoms with Gasteiger partial charge in [0.05, 0.1) is 12.0 Å². The number of hydrogen-bond acceptors (Lipinski definition) is 3. The Morgan fingerprint density at radius 1 is 1.14 bits per heavy atom. The zero-order valence-corrected chi connectivity index (χ0v) is 13.1. The number of carbonyl (C=O) groups excluding carboxylic acids is 1. The first-order chi connectivity index (χ1) is 10.2. The third-order valence-electron chi connectivity index (χ3n) is 5.20. The van der Waals surface area contributed by atoms with Crippen LogP contribution in [0.2, 0.25) is 0 Å². The van der Waals surface area contributed by atoms with Crippen molar-refractivity contribution in [2.75, 3.05) is 0 Å². The summed E-state index contributed by atoms with van der Waals surface area (Å²) < 4.78 is 5.72. The number of nitrogens with zero attached hydrogens (tertiary/aromatic N) is 1. The van der Waals surface area contributed by atoms with Crippen molar-refractivity contribution in [3.05, 3.63) is 12.2 Å². The quantitative estimate of drug-likeness (QED) is 0.570. The Labute approximate surface area is 128 Å². The van der Waals surface area contributed by atoms with Gasteiger partial charge in [0.1, 0.15) is 6.10 Å².